The van der Waals surface area contributed by atoms with Crippen molar-refractivity contribution in [2.24, 2.45) is 11.8 Å². The first kappa shape index (κ1) is 6.62. The molecule has 0 amide bonds. The van der Waals surface area contributed by atoms with Crippen molar-refractivity contribution < 1.29 is 10.2 Å². The molecule has 0 unspecified atom stereocenters. The number of rotatable bonds is 0. The van der Waals surface area contributed by atoms with Gasteiger partial charge in [0.2, 0.25) is 0 Å². The third-order valence-electron chi connectivity index (χ3n) is 3.10. The Bertz CT molecular complexity index is 119. The maximum atomic E-state index is 9.26. The number of aliphatic hydroxyl groups excluding tert-OH is 2. The second-order valence-corrected chi connectivity index (χ2v) is 3.59. The van der Waals surface area contributed by atoms with E-state index in [1.165, 1.54) is 12.8 Å². The Morgan fingerprint density at radius 2 is 1.20 bits per heavy atom. The zero-order valence-corrected chi connectivity index (χ0v) is 6.03. The minimum absolute atomic E-state index is 0.398. The molecule has 2 heteroatoms. The van der Waals surface area contributed by atoms with Crippen LogP contribution >= 0.6 is 0 Å². The summed E-state index contributed by atoms with van der Waals surface area (Å²) in [6.45, 7) is 0. The highest BCUT2D eigenvalue weighted by molar-refractivity contribution is 4.98. The fourth-order valence-electron chi connectivity index (χ4n) is 2.40. The molecule has 0 saturated heterocycles. The molecule has 2 fully saturated rings. The van der Waals surface area contributed by atoms with Gasteiger partial charge in [-0.25, -0.2) is 0 Å². The summed E-state index contributed by atoms with van der Waals surface area (Å²) in [5.41, 5.74) is 0. The third-order valence-corrected chi connectivity index (χ3v) is 3.10. The SMILES string of the molecule is O[C@@H]1[C@H](O)[C@@H]2CCCC[C@H]12. The van der Waals surface area contributed by atoms with E-state index in [2.05, 4.69) is 0 Å². The fourth-order valence-corrected chi connectivity index (χ4v) is 2.40. The van der Waals surface area contributed by atoms with Gasteiger partial charge < -0.3 is 10.2 Å². The van der Waals surface area contributed by atoms with Crippen molar-refractivity contribution in [3.05, 3.63) is 0 Å². The van der Waals surface area contributed by atoms with Crippen LogP contribution in [0.4, 0.5) is 0 Å². The van der Waals surface area contributed by atoms with Crippen LogP contribution in [0.5, 0.6) is 0 Å². The number of hydrogen-bond donors (Lipinski definition) is 2. The number of aliphatic hydroxyl groups is 2. The van der Waals surface area contributed by atoms with E-state index in [9.17, 15) is 10.2 Å². The number of hydrogen-bond acceptors (Lipinski definition) is 2. The fraction of sp³-hybridized carbons (Fsp3) is 1.00. The highest BCUT2D eigenvalue weighted by Gasteiger charge is 2.48. The van der Waals surface area contributed by atoms with Crippen LogP contribution in [-0.4, -0.2) is 22.4 Å². The smallest absolute Gasteiger partial charge is 0.0833 e. The van der Waals surface area contributed by atoms with E-state index in [4.69, 9.17) is 0 Å². The molecule has 0 aromatic carbocycles. The van der Waals surface area contributed by atoms with Gasteiger partial charge in [0.25, 0.3) is 0 Å². The molecule has 0 bridgehead atoms. The average molecular weight is 142 g/mol. The predicted octanol–water partition coefficient (Wildman–Crippen LogP) is 0.528. The molecule has 0 radical (unpaired) electrons. The molecule has 0 heterocycles. The summed E-state index contributed by atoms with van der Waals surface area (Å²) in [6.07, 6.45) is 3.94. The van der Waals surface area contributed by atoms with E-state index >= 15 is 0 Å². The van der Waals surface area contributed by atoms with Crippen molar-refractivity contribution in [1.29, 1.82) is 0 Å². The summed E-state index contributed by atoms with van der Waals surface area (Å²) >= 11 is 0. The van der Waals surface area contributed by atoms with Gasteiger partial charge in [-0.2, -0.15) is 0 Å². The molecular weight excluding hydrogens is 128 g/mol. The van der Waals surface area contributed by atoms with E-state index in [0.717, 1.165) is 12.8 Å². The Kier molecular flexibility index (Phi) is 1.46. The summed E-state index contributed by atoms with van der Waals surface area (Å²) in [4.78, 5) is 0. The third kappa shape index (κ3) is 0.722. The molecule has 10 heavy (non-hydrogen) atoms. The average Bonchev–Trinajstić information content (AvgIpc) is 2.03. The Morgan fingerprint density at radius 1 is 0.800 bits per heavy atom. The van der Waals surface area contributed by atoms with Gasteiger partial charge in [-0.3, -0.25) is 0 Å². The van der Waals surface area contributed by atoms with Gasteiger partial charge >= 0.3 is 0 Å². The van der Waals surface area contributed by atoms with Crippen molar-refractivity contribution in [1.82, 2.24) is 0 Å². The molecule has 4 atom stereocenters. The maximum absolute atomic E-state index is 9.26. The van der Waals surface area contributed by atoms with Crippen LogP contribution in [0.1, 0.15) is 25.7 Å². The molecule has 2 nitrogen and oxygen atoms in total. The lowest BCUT2D eigenvalue weighted by atomic mass is 9.61. The first-order valence-electron chi connectivity index (χ1n) is 4.17. The summed E-state index contributed by atoms with van der Waals surface area (Å²) in [5, 5.41) is 18.5. The topological polar surface area (TPSA) is 40.5 Å². The highest BCUT2D eigenvalue weighted by atomic mass is 16.3. The van der Waals surface area contributed by atoms with Crippen LogP contribution in [0, 0.1) is 11.8 Å². The normalized spacial score (nSPS) is 53.4. The van der Waals surface area contributed by atoms with Gasteiger partial charge in [-0.15, -0.1) is 0 Å². The Labute approximate surface area is 60.9 Å². The van der Waals surface area contributed by atoms with E-state index in [1.54, 1.807) is 0 Å². The zero-order valence-electron chi connectivity index (χ0n) is 6.03. The maximum Gasteiger partial charge on any atom is 0.0833 e. The van der Waals surface area contributed by atoms with E-state index in [1.807, 2.05) is 0 Å². The van der Waals surface area contributed by atoms with Gasteiger partial charge in [0.15, 0.2) is 0 Å². The Morgan fingerprint density at radius 3 is 1.60 bits per heavy atom. The largest absolute Gasteiger partial charge is 0.390 e. The second kappa shape index (κ2) is 2.21. The number of fused-ring (bicyclic) bond motifs is 1. The predicted molar refractivity (Wildman–Crippen MR) is 37.5 cm³/mol. The van der Waals surface area contributed by atoms with E-state index in [-0.39, 0.29) is 0 Å². The lowest BCUT2D eigenvalue weighted by Gasteiger charge is -2.49. The molecule has 2 aliphatic carbocycles. The van der Waals surface area contributed by atoms with E-state index in [0.29, 0.717) is 11.8 Å². The molecule has 2 saturated carbocycles. The van der Waals surface area contributed by atoms with Crippen molar-refractivity contribution in [3.63, 3.8) is 0 Å². The minimum atomic E-state index is -0.398. The van der Waals surface area contributed by atoms with Gasteiger partial charge in [0, 0.05) is 0 Å². The standard InChI is InChI=1S/C8H14O2/c9-7-5-3-1-2-4-6(5)8(7)10/h5-10H,1-4H2/t5-,6+,7-,8+. The summed E-state index contributed by atoms with van der Waals surface area (Å²) < 4.78 is 0. The first-order valence-corrected chi connectivity index (χ1v) is 4.17. The quantitative estimate of drug-likeness (QED) is 0.518. The lowest BCUT2D eigenvalue weighted by Crippen LogP contribution is -2.56. The van der Waals surface area contributed by atoms with Crippen molar-refractivity contribution in [3.8, 4) is 0 Å². The minimum Gasteiger partial charge on any atom is -0.390 e. The van der Waals surface area contributed by atoms with Crippen LogP contribution in [0.25, 0.3) is 0 Å². The van der Waals surface area contributed by atoms with Crippen LogP contribution < -0.4 is 0 Å². The molecule has 2 rings (SSSR count). The molecule has 0 spiro atoms. The molecule has 0 aromatic heterocycles. The molecule has 2 N–H and O–H groups in total. The van der Waals surface area contributed by atoms with Crippen molar-refractivity contribution >= 4 is 0 Å². The zero-order chi connectivity index (χ0) is 7.14. The Balaban J connectivity index is 2.00. The molecule has 58 valence electrons. The lowest BCUT2D eigenvalue weighted by molar-refractivity contribution is -0.168. The summed E-state index contributed by atoms with van der Waals surface area (Å²) in [6, 6.07) is 0. The molecule has 0 aromatic rings. The van der Waals surface area contributed by atoms with Crippen LogP contribution in [-0.2, 0) is 0 Å². The van der Waals surface area contributed by atoms with Crippen molar-refractivity contribution in [2.75, 3.05) is 0 Å². The summed E-state index contributed by atoms with van der Waals surface area (Å²) in [7, 11) is 0. The summed E-state index contributed by atoms with van der Waals surface area (Å²) in [5.74, 6) is 0.868. The van der Waals surface area contributed by atoms with Gasteiger partial charge in [-0.05, 0) is 24.7 Å². The highest BCUT2D eigenvalue weighted by Crippen LogP contribution is 2.44. The monoisotopic (exact) mass is 142 g/mol. The molecule has 2 aliphatic rings. The molecule has 0 aliphatic heterocycles. The van der Waals surface area contributed by atoms with E-state index < -0.39 is 12.2 Å². The Hall–Kier alpha value is -0.0800. The van der Waals surface area contributed by atoms with Gasteiger partial charge in [0.1, 0.15) is 0 Å². The first-order chi connectivity index (χ1) is 4.80. The van der Waals surface area contributed by atoms with Gasteiger partial charge in [-0.1, -0.05) is 12.8 Å². The van der Waals surface area contributed by atoms with Crippen LogP contribution in [0.2, 0.25) is 0 Å². The van der Waals surface area contributed by atoms with Crippen LogP contribution in [0.3, 0.4) is 0 Å². The van der Waals surface area contributed by atoms with Crippen LogP contribution in [0.15, 0.2) is 0 Å². The second-order valence-electron chi connectivity index (χ2n) is 3.59. The molecular formula is C8H14O2. The van der Waals surface area contributed by atoms with Gasteiger partial charge in [0.05, 0.1) is 12.2 Å². The van der Waals surface area contributed by atoms with Crippen molar-refractivity contribution in [2.45, 2.75) is 37.9 Å².